The van der Waals surface area contributed by atoms with Crippen LogP contribution < -0.4 is 10.7 Å². The Bertz CT molecular complexity index is 487. The molecule has 0 aliphatic heterocycles. The lowest BCUT2D eigenvalue weighted by molar-refractivity contribution is 1.24. The van der Waals surface area contributed by atoms with Crippen LogP contribution in [0, 0.1) is 0 Å². The van der Waals surface area contributed by atoms with E-state index in [1.54, 1.807) is 0 Å². The molecule has 2 aromatic heterocycles. The Hall–Kier alpha value is -1.44. The summed E-state index contributed by atoms with van der Waals surface area (Å²) >= 11 is 0. The van der Waals surface area contributed by atoms with E-state index in [4.69, 9.17) is 0 Å². The van der Waals surface area contributed by atoms with Gasteiger partial charge in [0.15, 0.2) is 0 Å². The summed E-state index contributed by atoms with van der Waals surface area (Å²) in [6.07, 6.45) is 7.22. The highest BCUT2D eigenvalue weighted by atomic mass is 14.7. The van der Waals surface area contributed by atoms with E-state index >= 15 is 0 Å². The summed E-state index contributed by atoms with van der Waals surface area (Å²) in [7, 11) is 0. The molecule has 2 heterocycles. The van der Waals surface area contributed by atoms with Crippen LogP contribution in [0.1, 0.15) is 13.3 Å². The van der Waals surface area contributed by atoms with Crippen LogP contribution in [-0.2, 0) is 0 Å². The van der Waals surface area contributed by atoms with Crippen molar-refractivity contribution >= 4 is 23.4 Å². The molecule has 2 nitrogen and oxygen atoms in total. The zero-order valence-corrected chi connectivity index (χ0v) is 7.15. The summed E-state index contributed by atoms with van der Waals surface area (Å²) in [5.74, 6) is 0. The van der Waals surface area contributed by atoms with E-state index in [2.05, 4.69) is 29.5 Å². The third-order valence-electron chi connectivity index (χ3n) is 2.08. The number of fused-ring (bicyclic) bond motifs is 1. The molecule has 0 unspecified atom stereocenters. The third-order valence-corrected chi connectivity index (χ3v) is 2.08. The minimum absolute atomic E-state index is 0.983. The molecule has 0 aliphatic carbocycles. The second kappa shape index (κ2) is 2.55. The van der Waals surface area contributed by atoms with Gasteiger partial charge in [0.1, 0.15) is 0 Å². The zero-order valence-electron chi connectivity index (χ0n) is 7.15. The Morgan fingerprint density at radius 3 is 2.83 bits per heavy atom. The van der Waals surface area contributed by atoms with Gasteiger partial charge in [0, 0.05) is 33.9 Å². The minimum atomic E-state index is 0.983. The van der Waals surface area contributed by atoms with Crippen LogP contribution in [0.15, 0.2) is 12.4 Å². The highest BCUT2D eigenvalue weighted by molar-refractivity contribution is 5.83. The van der Waals surface area contributed by atoms with Crippen molar-refractivity contribution in [1.82, 2.24) is 9.97 Å². The first kappa shape index (κ1) is 7.22. The molecule has 0 aromatic carbocycles. The van der Waals surface area contributed by atoms with Crippen molar-refractivity contribution in [2.24, 2.45) is 0 Å². The van der Waals surface area contributed by atoms with Crippen LogP contribution in [0.4, 0.5) is 0 Å². The van der Waals surface area contributed by atoms with E-state index in [-0.39, 0.29) is 0 Å². The summed E-state index contributed by atoms with van der Waals surface area (Å²) in [6, 6.07) is 0. The lowest BCUT2D eigenvalue weighted by Gasteiger charge is -1.77. The number of H-pyrrole nitrogens is 2. The van der Waals surface area contributed by atoms with Gasteiger partial charge in [-0.05, 0) is 6.42 Å². The van der Waals surface area contributed by atoms with E-state index in [9.17, 15) is 0 Å². The van der Waals surface area contributed by atoms with Crippen molar-refractivity contribution < 1.29 is 0 Å². The van der Waals surface area contributed by atoms with Gasteiger partial charge in [-0.1, -0.05) is 19.6 Å². The van der Waals surface area contributed by atoms with Crippen LogP contribution in [-0.4, -0.2) is 9.97 Å². The molecule has 0 fully saturated rings. The topological polar surface area (TPSA) is 31.6 Å². The van der Waals surface area contributed by atoms with Gasteiger partial charge in [0.25, 0.3) is 0 Å². The molecule has 0 amide bonds. The predicted octanol–water partition coefficient (Wildman–Crippen LogP) is 1.10. The molecule has 12 heavy (non-hydrogen) atoms. The SMILES string of the molecule is C=c1[nH]cc2c(=CCC)[nH]cc12. The van der Waals surface area contributed by atoms with Crippen molar-refractivity contribution in [3.05, 3.63) is 23.1 Å². The molecule has 2 N–H and O–H groups in total. The smallest absolute Gasteiger partial charge is 0.0435 e. The number of aromatic amines is 2. The Kier molecular flexibility index (Phi) is 1.54. The number of rotatable bonds is 1. The summed E-state index contributed by atoms with van der Waals surface area (Å²) < 4.78 is 0. The van der Waals surface area contributed by atoms with E-state index in [0.717, 1.165) is 11.8 Å². The molecule has 0 aliphatic rings. The van der Waals surface area contributed by atoms with Crippen molar-refractivity contribution in [3.8, 4) is 0 Å². The lowest BCUT2D eigenvalue weighted by Crippen LogP contribution is -1.98. The Balaban J connectivity index is 2.88. The maximum absolute atomic E-state index is 3.89. The number of hydrogen-bond donors (Lipinski definition) is 2. The fraction of sp³-hybridized carbons (Fsp3) is 0.200. The molecule has 2 rings (SSSR count). The second-order valence-corrected chi connectivity index (χ2v) is 2.91. The van der Waals surface area contributed by atoms with Crippen molar-refractivity contribution in [2.75, 3.05) is 0 Å². The highest BCUT2D eigenvalue weighted by Gasteiger charge is 1.97. The normalized spacial score (nSPS) is 12.9. The van der Waals surface area contributed by atoms with Gasteiger partial charge in [-0.3, -0.25) is 0 Å². The largest absolute Gasteiger partial charge is 0.361 e. The van der Waals surface area contributed by atoms with E-state index in [1.165, 1.54) is 16.1 Å². The Morgan fingerprint density at radius 2 is 2.08 bits per heavy atom. The number of nitrogens with one attached hydrogen (secondary N) is 2. The maximum Gasteiger partial charge on any atom is 0.0435 e. The molecule has 62 valence electrons. The molecule has 0 atom stereocenters. The second-order valence-electron chi connectivity index (χ2n) is 2.91. The standard InChI is InChI=1S/C10H12N2/c1-3-4-10-9-6-11-7(2)8(9)5-12-10/h4-6,11-12H,2-3H2,1H3. The quantitative estimate of drug-likeness (QED) is 0.626. The summed E-state index contributed by atoms with van der Waals surface area (Å²) in [6.45, 7) is 6.02. The first-order chi connectivity index (χ1) is 5.83. The molecule has 2 aromatic rings. The van der Waals surface area contributed by atoms with E-state index in [1.807, 2.05) is 12.4 Å². The Labute approximate surface area is 70.6 Å². The van der Waals surface area contributed by atoms with E-state index in [0.29, 0.717) is 0 Å². The van der Waals surface area contributed by atoms with Crippen LogP contribution in [0.5, 0.6) is 0 Å². The van der Waals surface area contributed by atoms with Crippen LogP contribution in [0.25, 0.3) is 23.4 Å². The number of aromatic nitrogens is 2. The van der Waals surface area contributed by atoms with Crippen LogP contribution in [0.3, 0.4) is 0 Å². The van der Waals surface area contributed by atoms with Gasteiger partial charge in [0.05, 0.1) is 0 Å². The third kappa shape index (κ3) is 0.881. The predicted molar refractivity (Wildman–Crippen MR) is 52.2 cm³/mol. The van der Waals surface area contributed by atoms with Crippen LogP contribution >= 0.6 is 0 Å². The van der Waals surface area contributed by atoms with Gasteiger partial charge in [-0.25, -0.2) is 0 Å². The van der Waals surface area contributed by atoms with E-state index < -0.39 is 0 Å². The summed E-state index contributed by atoms with van der Waals surface area (Å²) in [5, 5.41) is 4.60. The fourth-order valence-electron chi connectivity index (χ4n) is 1.47. The van der Waals surface area contributed by atoms with Crippen LogP contribution in [0.2, 0.25) is 0 Å². The fourth-order valence-corrected chi connectivity index (χ4v) is 1.47. The molecule has 0 radical (unpaired) electrons. The molecule has 0 spiro atoms. The summed E-state index contributed by atoms with van der Waals surface area (Å²) in [4.78, 5) is 6.32. The molecular weight excluding hydrogens is 148 g/mol. The van der Waals surface area contributed by atoms with Crippen molar-refractivity contribution in [1.29, 1.82) is 0 Å². The first-order valence-corrected chi connectivity index (χ1v) is 4.16. The highest BCUT2D eigenvalue weighted by Crippen LogP contribution is 2.00. The average molecular weight is 160 g/mol. The Morgan fingerprint density at radius 1 is 1.33 bits per heavy atom. The van der Waals surface area contributed by atoms with Gasteiger partial charge in [-0.15, -0.1) is 0 Å². The van der Waals surface area contributed by atoms with Crippen molar-refractivity contribution in [3.63, 3.8) is 0 Å². The molecular formula is C10H12N2. The first-order valence-electron chi connectivity index (χ1n) is 4.16. The van der Waals surface area contributed by atoms with Gasteiger partial charge >= 0.3 is 0 Å². The molecule has 0 saturated heterocycles. The molecule has 2 heteroatoms. The van der Waals surface area contributed by atoms with Gasteiger partial charge in [0.2, 0.25) is 0 Å². The van der Waals surface area contributed by atoms with Gasteiger partial charge in [-0.2, -0.15) is 0 Å². The monoisotopic (exact) mass is 160 g/mol. The molecule has 0 saturated carbocycles. The zero-order chi connectivity index (χ0) is 8.55. The lowest BCUT2D eigenvalue weighted by atomic mass is 10.3. The summed E-state index contributed by atoms with van der Waals surface area (Å²) in [5.41, 5.74) is 0. The van der Waals surface area contributed by atoms with Crippen molar-refractivity contribution in [2.45, 2.75) is 13.3 Å². The average Bonchev–Trinajstić information content (AvgIpc) is 2.58. The maximum atomic E-state index is 3.89. The number of hydrogen-bond acceptors (Lipinski definition) is 0. The van der Waals surface area contributed by atoms with Gasteiger partial charge < -0.3 is 9.97 Å². The molecule has 0 bridgehead atoms. The minimum Gasteiger partial charge on any atom is -0.361 e.